The Kier molecular flexibility index (Phi) is 3.16. The predicted octanol–water partition coefficient (Wildman–Crippen LogP) is 3.76. The van der Waals surface area contributed by atoms with Crippen molar-refractivity contribution >= 4 is 22.7 Å². The van der Waals surface area contributed by atoms with Crippen molar-refractivity contribution in [2.75, 3.05) is 0 Å². The second-order valence-electron chi connectivity index (χ2n) is 5.94. The number of imidazole rings is 1. The zero-order valence-electron chi connectivity index (χ0n) is 13.7. The Labute approximate surface area is 139 Å². The molecule has 0 fully saturated rings. The minimum absolute atomic E-state index is 0.0403. The molecule has 0 spiro atoms. The van der Waals surface area contributed by atoms with E-state index in [1.807, 2.05) is 50.2 Å². The van der Waals surface area contributed by atoms with Crippen LogP contribution in [0.4, 0.5) is 0 Å². The molecule has 5 heteroatoms. The lowest BCUT2D eigenvalue weighted by molar-refractivity contribution is 0.101. The number of nitrogens with zero attached hydrogens (tertiary/aromatic N) is 4. The molecule has 0 saturated heterocycles. The summed E-state index contributed by atoms with van der Waals surface area (Å²) >= 11 is 0. The minimum Gasteiger partial charge on any atom is -0.293 e. The lowest BCUT2D eigenvalue weighted by atomic mass is 10.0. The molecule has 0 aliphatic heterocycles. The Morgan fingerprint density at radius 2 is 1.83 bits per heavy atom. The summed E-state index contributed by atoms with van der Waals surface area (Å²) in [7, 11) is 0. The molecule has 118 valence electrons. The first kappa shape index (κ1) is 14.5. The van der Waals surface area contributed by atoms with Crippen LogP contribution in [0, 0.1) is 13.8 Å². The molecule has 0 N–H and O–H groups in total. The van der Waals surface area contributed by atoms with E-state index in [1.54, 1.807) is 17.5 Å². The highest BCUT2D eigenvalue weighted by atomic mass is 16.1. The first-order valence-corrected chi connectivity index (χ1v) is 7.78. The van der Waals surface area contributed by atoms with Gasteiger partial charge in [0, 0.05) is 24.4 Å². The van der Waals surface area contributed by atoms with Crippen LogP contribution in [0.3, 0.4) is 0 Å². The fourth-order valence-electron chi connectivity index (χ4n) is 3.12. The van der Waals surface area contributed by atoms with E-state index < -0.39 is 0 Å². The zero-order chi connectivity index (χ0) is 16.8. The third kappa shape index (κ3) is 2.09. The second-order valence-corrected chi connectivity index (χ2v) is 5.94. The van der Waals surface area contributed by atoms with Crippen molar-refractivity contribution in [1.29, 1.82) is 0 Å². The molecule has 5 nitrogen and oxygen atoms in total. The highest BCUT2D eigenvalue weighted by molar-refractivity contribution is 6.01. The van der Waals surface area contributed by atoms with Gasteiger partial charge < -0.3 is 0 Å². The van der Waals surface area contributed by atoms with Crippen LogP contribution in [-0.2, 0) is 0 Å². The zero-order valence-corrected chi connectivity index (χ0v) is 13.7. The predicted molar refractivity (Wildman–Crippen MR) is 93.2 cm³/mol. The number of hydrogen-bond acceptors (Lipinski definition) is 4. The number of hydrogen-bond donors (Lipinski definition) is 0. The van der Waals surface area contributed by atoms with Crippen LogP contribution in [0.5, 0.6) is 0 Å². The van der Waals surface area contributed by atoms with E-state index in [0.717, 1.165) is 27.9 Å². The Bertz CT molecular complexity index is 1100. The number of fused-ring (bicyclic) bond motifs is 3. The lowest BCUT2D eigenvalue weighted by Gasteiger charge is -2.10. The number of carbonyl (C=O) groups is 1. The molecule has 0 unspecified atom stereocenters. The van der Waals surface area contributed by atoms with Gasteiger partial charge in [-0.15, -0.1) is 0 Å². The van der Waals surface area contributed by atoms with Crippen LogP contribution < -0.4 is 0 Å². The molecule has 0 atom stereocenters. The van der Waals surface area contributed by atoms with Gasteiger partial charge in [0.2, 0.25) is 5.78 Å². The average molecular weight is 316 g/mol. The summed E-state index contributed by atoms with van der Waals surface area (Å²) in [6.07, 6.45) is 1.72. The van der Waals surface area contributed by atoms with Gasteiger partial charge in [-0.1, -0.05) is 30.3 Å². The van der Waals surface area contributed by atoms with Gasteiger partial charge in [0.25, 0.3) is 0 Å². The average Bonchev–Trinajstić information content (AvgIpc) is 2.93. The molecular weight excluding hydrogens is 300 g/mol. The van der Waals surface area contributed by atoms with Crippen molar-refractivity contribution in [3.05, 3.63) is 59.5 Å². The van der Waals surface area contributed by atoms with Crippen LogP contribution in [0.2, 0.25) is 0 Å². The number of rotatable bonds is 2. The van der Waals surface area contributed by atoms with E-state index in [2.05, 4.69) is 15.0 Å². The maximum atomic E-state index is 12.5. The summed E-state index contributed by atoms with van der Waals surface area (Å²) < 4.78 is 1.78. The maximum absolute atomic E-state index is 12.5. The SMILES string of the molecule is CC(=O)c1c(-c2ccccc2)cnc2nc3c(C)cc(C)nc3n12. The van der Waals surface area contributed by atoms with E-state index in [-0.39, 0.29) is 5.78 Å². The van der Waals surface area contributed by atoms with Gasteiger partial charge >= 0.3 is 0 Å². The quantitative estimate of drug-likeness (QED) is 0.528. The molecule has 3 aromatic heterocycles. The highest BCUT2D eigenvalue weighted by Gasteiger charge is 2.19. The number of benzene rings is 1. The summed E-state index contributed by atoms with van der Waals surface area (Å²) in [6.45, 7) is 5.50. The molecule has 3 heterocycles. The molecule has 0 aliphatic carbocycles. The van der Waals surface area contributed by atoms with Gasteiger partial charge in [-0.3, -0.25) is 9.20 Å². The normalized spacial score (nSPS) is 11.3. The van der Waals surface area contributed by atoms with Crippen LogP contribution in [0.15, 0.2) is 42.6 Å². The van der Waals surface area contributed by atoms with Gasteiger partial charge in [-0.05, 0) is 31.0 Å². The molecule has 4 rings (SSSR count). The van der Waals surface area contributed by atoms with Crippen molar-refractivity contribution in [2.24, 2.45) is 0 Å². The van der Waals surface area contributed by atoms with Gasteiger partial charge in [-0.25, -0.2) is 15.0 Å². The summed E-state index contributed by atoms with van der Waals surface area (Å²) in [4.78, 5) is 26.1. The molecule has 0 aliphatic rings. The second kappa shape index (κ2) is 5.23. The van der Waals surface area contributed by atoms with E-state index in [0.29, 0.717) is 17.1 Å². The van der Waals surface area contributed by atoms with Gasteiger partial charge in [0.1, 0.15) is 11.2 Å². The van der Waals surface area contributed by atoms with E-state index >= 15 is 0 Å². The van der Waals surface area contributed by atoms with Gasteiger partial charge in [0.15, 0.2) is 11.4 Å². The van der Waals surface area contributed by atoms with Crippen molar-refractivity contribution in [3.8, 4) is 11.1 Å². The summed E-state index contributed by atoms with van der Waals surface area (Å²) in [5.74, 6) is 0.456. The monoisotopic (exact) mass is 316 g/mol. The third-order valence-electron chi connectivity index (χ3n) is 4.12. The number of aryl methyl sites for hydroxylation is 2. The van der Waals surface area contributed by atoms with E-state index in [1.165, 1.54) is 0 Å². The van der Waals surface area contributed by atoms with Crippen LogP contribution in [0.1, 0.15) is 28.7 Å². The standard InChI is InChI=1S/C19H16N4O/c1-11-9-12(2)21-18-16(11)22-19-20-10-15(14-7-5-4-6-8-14)17(13(3)24)23(18)19/h4-10H,1-3H3. The first-order chi connectivity index (χ1) is 11.6. The lowest BCUT2D eigenvalue weighted by Crippen LogP contribution is -2.07. The van der Waals surface area contributed by atoms with Crippen molar-refractivity contribution in [2.45, 2.75) is 20.8 Å². The molecule has 0 amide bonds. The molecule has 1 aromatic carbocycles. The number of ketones is 1. The number of pyridine rings is 1. The highest BCUT2D eigenvalue weighted by Crippen LogP contribution is 2.27. The van der Waals surface area contributed by atoms with Crippen LogP contribution in [0.25, 0.3) is 28.1 Å². The Morgan fingerprint density at radius 1 is 1.08 bits per heavy atom. The molecule has 0 radical (unpaired) electrons. The fourth-order valence-corrected chi connectivity index (χ4v) is 3.12. The topological polar surface area (TPSA) is 60.2 Å². The Morgan fingerprint density at radius 3 is 2.54 bits per heavy atom. The number of aromatic nitrogens is 4. The van der Waals surface area contributed by atoms with Crippen molar-refractivity contribution in [1.82, 2.24) is 19.4 Å². The van der Waals surface area contributed by atoms with Gasteiger partial charge in [-0.2, -0.15) is 0 Å². The fraction of sp³-hybridized carbons (Fsp3) is 0.158. The molecular formula is C19H16N4O. The van der Waals surface area contributed by atoms with E-state index in [4.69, 9.17) is 0 Å². The summed E-state index contributed by atoms with van der Waals surface area (Å²) in [5, 5.41) is 0. The summed E-state index contributed by atoms with van der Waals surface area (Å²) in [5.41, 5.74) is 5.67. The van der Waals surface area contributed by atoms with Crippen LogP contribution >= 0.6 is 0 Å². The third-order valence-corrected chi connectivity index (χ3v) is 4.12. The Balaban J connectivity index is 2.19. The molecule has 0 bridgehead atoms. The van der Waals surface area contributed by atoms with Crippen molar-refractivity contribution < 1.29 is 4.79 Å². The van der Waals surface area contributed by atoms with Crippen molar-refractivity contribution in [3.63, 3.8) is 0 Å². The molecule has 24 heavy (non-hydrogen) atoms. The smallest absolute Gasteiger partial charge is 0.236 e. The van der Waals surface area contributed by atoms with Crippen LogP contribution in [-0.4, -0.2) is 25.1 Å². The Hall–Kier alpha value is -3.08. The minimum atomic E-state index is -0.0403. The largest absolute Gasteiger partial charge is 0.293 e. The van der Waals surface area contributed by atoms with Gasteiger partial charge in [0.05, 0.1) is 0 Å². The first-order valence-electron chi connectivity index (χ1n) is 7.78. The molecule has 0 saturated carbocycles. The number of carbonyl (C=O) groups excluding carboxylic acids is 1. The van der Waals surface area contributed by atoms with E-state index in [9.17, 15) is 4.79 Å². The molecule has 4 aromatic rings. The number of Topliss-reactive ketones (excluding diaryl/α,β-unsaturated/α-hetero) is 1. The summed E-state index contributed by atoms with van der Waals surface area (Å²) in [6, 6.07) is 11.8. The maximum Gasteiger partial charge on any atom is 0.236 e.